The molecule has 0 spiro atoms. The van der Waals surface area contributed by atoms with E-state index in [9.17, 15) is 4.79 Å². The van der Waals surface area contributed by atoms with Crippen LogP contribution in [0.2, 0.25) is 0 Å². The molecule has 21 heavy (non-hydrogen) atoms. The van der Waals surface area contributed by atoms with E-state index in [1.165, 1.54) is 5.56 Å². The third-order valence-corrected chi connectivity index (χ3v) is 3.19. The number of aromatic nitrogens is 1. The number of rotatable bonds is 7. The topological polar surface area (TPSA) is 91.2 Å². The summed E-state index contributed by atoms with van der Waals surface area (Å²) in [5.41, 5.74) is 14.1. The number of aryl methyl sites for hydroxylation is 1. The van der Waals surface area contributed by atoms with Crippen molar-refractivity contribution in [3.63, 3.8) is 0 Å². The molecule has 1 aromatic heterocycles. The molecule has 1 aromatic carbocycles. The molecule has 110 valence electrons. The molecule has 0 saturated carbocycles. The van der Waals surface area contributed by atoms with Gasteiger partial charge in [-0.3, -0.25) is 9.78 Å². The van der Waals surface area contributed by atoms with Crippen molar-refractivity contribution >= 4 is 11.6 Å². The van der Waals surface area contributed by atoms with Gasteiger partial charge in [-0.25, -0.2) is 0 Å². The molecule has 0 aliphatic carbocycles. The van der Waals surface area contributed by atoms with E-state index in [0.717, 1.165) is 18.4 Å². The molecule has 0 saturated heterocycles. The molecule has 0 bridgehead atoms. The van der Waals surface area contributed by atoms with Gasteiger partial charge in [0.2, 0.25) is 5.91 Å². The zero-order valence-electron chi connectivity index (χ0n) is 11.8. The van der Waals surface area contributed by atoms with E-state index in [4.69, 9.17) is 16.2 Å². The minimum absolute atomic E-state index is 0.411. The van der Waals surface area contributed by atoms with E-state index < -0.39 is 5.91 Å². The van der Waals surface area contributed by atoms with Gasteiger partial charge in [-0.2, -0.15) is 0 Å². The normalized spacial score (nSPS) is 10.5. The zero-order valence-corrected chi connectivity index (χ0v) is 11.8. The number of hydrogen-bond donors (Lipinski definition) is 2. The lowest BCUT2D eigenvalue weighted by Gasteiger charge is -2.08. The maximum atomic E-state index is 11.0. The van der Waals surface area contributed by atoms with Crippen LogP contribution in [0.1, 0.15) is 27.9 Å². The summed E-state index contributed by atoms with van der Waals surface area (Å²) in [6.07, 6.45) is 5.47. The highest BCUT2D eigenvalue weighted by Crippen LogP contribution is 2.15. The van der Waals surface area contributed by atoms with Gasteiger partial charge in [-0.15, -0.1) is 0 Å². The fraction of sp³-hybridized carbons (Fsp3) is 0.250. The first-order valence-corrected chi connectivity index (χ1v) is 6.81. The molecule has 0 unspecified atom stereocenters. The monoisotopic (exact) mass is 285 g/mol. The Bertz CT molecular complexity index is 600. The predicted molar refractivity (Wildman–Crippen MR) is 81.6 cm³/mol. The van der Waals surface area contributed by atoms with Crippen LogP contribution in [0.4, 0.5) is 5.69 Å². The van der Waals surface area contributed by atoms with E-state index in [1.54, 1.807) is 30.6 Å². The highest BCUT2D eigenvalue weighted by atomic mass is 16.5. The summed E-state index contributed by atoms with van der Waals surface area (Å²) in [7, 11) is 0. The standard InChI is InChI=1S/C16H19N3O2/c17-15-10-13(16(18)20)3-4-14(15)11-21-9-1-2-12-5-7-19-8-6-12/h3-8,10H,1-2,9,11,17H2,(H2,18,20). The molecule has 2 aromatic rings. The first-order valence-electron chi connectivity index (χ1n) is 6.81. The van der Waals surface area contributed by atoms with Gasteiger partial charge in [0.25, 0.3) is 0 Å². The summed E-state index contributed by atoms with van der Waals surface area (Å²) in [5, 5.41) is 0. The zero-order chi connectivity index (χ0) is 15.1. The second-order valence-electron chi connectivity index (χ2n) is 4.79. The molecule has 2 rings (SSSR count). The second-order valence-corrected chi connectivity index (χ2v) is 4.79. The van der Waals surface area contributed by atoms with Crippen LogP contribution in [0.3, 0.4) is 0 Å². The van der Waals surface area contributed by atoms with Crippen LogP contribution in [0.15, 0.2) is 42.7 Å². The number of benzene rings is 1. The van der Waals surface area contributed by atoms with Crippen molar-refractivity contribution in [2.24, 2.45) is 5.73 Å². The van der Waals surface area contributed by atoms with E-state index in [1.807, 2.05) is 12.1 Å². The average Bonchev–Trinajstić information content (AvgIpc) is 2.49. The number of nitrogen functional groups attached to an aromatic ring is 1. The Morgan fingerprint density at radius 3 is 2.62 bits per heavy atom. The van der Waals surface area contributed by atoms with E-state index in [-0.39, 0.29) is 0 Å². The molecule has 0 fully saturated rings. The van der Waals surface area contributed by atoms with Crippen molar-refractivity contribution in [2.45, 2.75) is 19.4 Å². The van der Waals surface area contributed by atoms with Gasteiger partial charge in [0.15, 0.2) is 0 Å². The van der Waals surface area contributed by atoms with Crippen LogP contribution >= 0.6 is 0 Å². The number of nitrogens with zero attached hydrogens (tertiary/aromatic N) is 1. The van der Waals surface area contributed by atoms with E-state index in [0.29, 0.717) is 24.5 Å². The maximum Gasteiger partial charge on any atom is 0.248 e. The summed E-state index contributed by atoms with van der Waals surface area (Å²) < 4.78 is 5.61. The molecule has 4 N–H and O–H groups in total. The minimum Gasteiger partial charge on any atom is -0.398 e. The van der Waals surface area contributed by atoms with Crippen molar-refractivity contribution in [3.8, 4) is 0 Å². The van der Waals surface area contributed by atoms with Crippen LogP contribution in [-0.2, 0) is 17.8 Å². The Balaban J connectivity index is 1.75. The average molecular weight is 285 g/mol. The summed E-state index contributed by atoms with van der Waals surface area (Å²) >= 11 is 0. The highest BCUT2D eigenvalue weighted by molar-refractivity contribution is 5.93. The number of amides is 1. The van der Waals surface area contributed by atoms with Crippen molar-refractivity contribution in [1.82, 2.24) is 4.98 Å². The number of ether oxygens (including phenoxy) is 1. The van der Waals surface area contributed by atoms with Gasteiger partial charge in [0.1, 0.15) is 0 Å². The van der Waals surface area contributed by atoms with Crippen LogP contribution in [0, 0.1) is 0 Å². The number of carbonyl (C=O) groups is 1. The molecule has 0 aliphatic rings. The number of primary amides is 1. The number of nitrogens with two attached hydrogens (primary N) is 2. The Morgan fingerprint density at radius 2 is 1.95 bits per heavy atom. The van der Waals surface area contributed by atoms with Crippen molar-refractivity contribution in [2.75, 3.05) is 12.3 Å². The Kier molecular flexibility index (Phi) is 5.29. The van der Waals surface area contributed by atoms with Crippen LogP contribution in [0.25, 0.3) is 0 Å². The number of carbonyl (C=O) groups excluding carboxylic acids is 1. The predicted octanol–water partition coefficient (Wildman–Crippen LogP) is 1.91. The van der Waals surface area contributed by atoms with Crippen molar-refractivity contribution in [3.05, 3.63) is 59.4 Å². The molecular weight excluding hydrogens is 266 g/mol. The minimum atomic E-state index is -0.480. The number of anilines is 1. The Morgan fingerprint density at radius 1 is 1.19 bits per heavy atom. The van der Waals surface area contributed by atoms with Crippen molar-refractivity contribution in [1.29, 1.82) is 0 Å². The number of pyridine rings is 1. The van der Waals surface area contributed by atoms with Crippen LogP contribution in [0.5, 0.6) is 0 Å². The van der Waals surface area contributed by atoms with E-state index in [2.05, 4.69) is 4.98 Å². The van der Waals surface area contributed by atoms with Gasteiger partial charge in [0, 0.05) is 35.8 Å². The first-order chi connectivity index (χ1) is 10.2. The molecule has 1 amide bonds. The third kappa shape index (κ3) is 4.57. The van der Waals surface area contributed by atoms with E-state index >= 15 is 0 Å². The molecule has 1 heterocycles. The smallest absolute Gasteiger partial charge is 0.248 e. The Labute approximate surface area is 123 Å². The molecule has 5 heteroatoms. The largest absolute Gasteiger partial charge is 0.398 e. The quantitative estimate of drug-likeness (QED) is 0.600. The number of hydrogen-bond acceptors (Lipinski definition) is 4. The lowest BCUT2D eigenvalue weighted by Crippen LogP contribution is -2.12. The van der Waals surface area contributed by atoms with Crippen LogP contribution < -0.4 is 11.5 Å². The van der Waals surface area contributed by atoms with Crippen molar-refractivity contribution < 1.29 is 9.53 Å². The SMILES string of the molecule is NC(=O)c1ccc(COCCCc2ccncc2)c(N)c1. The maximum absolute atomic E-state index is 11.0. The second kappa shape index (κ2) is 7.40. The fourth-order valence-electron chi connectivity index (χ4n) is 1.99. The van der Waals surface area contributed by atoms with Gasteiger partial charge in [-0.1, -0.05) is 6.07 Å². The molecule has 0 radical (unpaired) electrons. The molecular formula is C16H19N3O2. The van der Waals surface area contributed by atoms with Gasteiger partial charge in [0.05, 0.1) is 6.61 Å². The van der Waals surface area contributed by atoms with Crippen LogP contribution in [-0.4, -0.2) is 17.5 Å². The lowest BCUT2D eigenvalue weighted by molar-refractivity contribution is 0.1000. The summed E-state index contributed by atoms with van der Waals surface area (Å²) in [6.45, 7) is 1.08. The first kappa shape index (κ1) is 15.0. The molecule has 0 aliphatic heterocycles. The molecule has 0 atom stereocenters. The Hall–Kier alpha value is -2.40. The summed E-state index contributed by atoms with van der Waals surface area (Å²) in [4.78, 5) is 15.0. The molecule has 5 nitrogen and oxygen atoms in total. The van der Waals surface area contributed by atoms with Gasteiger partial charge >= 0.3 is 0 Å². The summed E-state index contributed by atoms with van der Waals surface area (Å²) in [6, 6.07) is 9.02. The highest BCUT2D eigenvalue weighted by Gasteiger charge is 2.05. The van der Waals surface area contributed by atoms with Gasteiger partial charge in [-0.05, 0) is 42.7 Å². The lowest BCUT2D eigenvalue weighted by atomic mass is 10.1. The third-order valence-electron chi connectivity index (χ3n) is 3.19. The van der Waals surface area contributed by atoms with Gasteiger partial charge < -0.3 is 16.2 Å². The summed E-state index contributed by atoms with van der Waals surface area (Å²) in [5.74, 6) is -0.480. The fourth-order valence-corrected chi connectivity index (χ4v) is 1.99.